The number of imidazole rings is 1. The molecule has 0 aliphatic carbocycles. The van der Waals surface area contributed by atoms with Crippen molar-refractivity contribution in [2.24, 2.45) is 0 Å². The molecule has 3 N–H and O–H groups in total. The fourth-order valence-electron chi connectivity index (χ4n) is 3.82. The summed E-state index contributed by atoms with van der Waals surface area (Å²) in [4.78, 5) is 39.9. The third-order valence-corrected chi connectivity index (χ3v) is 5.61. The number of rotatable bonds is 4. The first-order valence-electron chi connectivity index (χ1n) is 10.7. The van der Waals surface area contributed by atoms with Crippen LogP contribution in [-0.2, 0) is 17.4 Å². The maximum absolute atomic E-state index is 13.0. The number of halogens is 3. The Morgan fingerprint density at radius 3 is 2.83 bits per heavy atom. The van der Waals surface area contributed by atoms with Gasteiger partial charge >= 0.3 is 6.18 Å². The number of fused-ring (bicyclic) bond motifs is 2. The number of hydrogen-bond acceptors (Lipinski definition) is 7. The Bertz CT molecular complexity index is 1440. The van der Waals surface area contributed by atoms with Crippen LogP contribution in [0.2, 0.25) is 0 Å². The van der Waals surface area contributed by atoms with E-state index in [4.69, 9.17) is 4.52 Å². The average molecular weight is 485 g/mol. The maximum Gasteiger partial charge on any atom is 0.416 e. The van der Waals surface area contributed by atoms with E-state index in [1.807, 2.05) is 0 Å². The van der Waals surface area contributed by atoms with Crippen molar-refractivity contribution in [2.45, 2.75) is 38.4 Å². The summed E-state index contributed by atoms with van der Waals surface area (Å²) in [6.07, 6.45) is -1.89. The van der Waals surface area contributed by atoms with E-state index in [0.29, 0.717) is 41.9 Å². The quantitative estimate of drug-likeness (QED) is 0.400. The molecule has 5 rings (SSSR count). The molecule has 0 saturated heterocycles. The predicted octanol–water partition coefficient (Wildman–Crippen LogP) is 3.79. The number of alkyl halides is 3. The molecule has 1 aliphatic heterocycles. The zero-order valence-electron chi connectivity index (χ0n) is 18.2. The van der Waals surface area contributed by atoms with Gasteiger partial charge in [-0.3, -0.25) is 9.59 Å². The number of carbonyl (C=O) groups excluding carboxylic acids is 2. The molecule has 180 valence electrons. The summed E-state index contributed by atoms with van der Waals surface area (Å²) in [6.45, 7) is 1.69. The normalized spacial score (nSPS) is 14.8. The summed E-state index contributed by atoms with van der Waals surface area (Å²) in [5.74, 6) is 0.0818. The zero-order chi connectivity index (χ0) is 24.7. The molecule has 2 amide bonds. The highest BCUT2D eigenvalue weighted by Crippen LogP contribution is 2.32. The van der Waals surface area contributed by atoms with E-state index < -0.39 is 23.7 Å². The highest BCUT2D eigenvalue weighted by atomic mass is 19.4. The van der Waals surface area contributed by atoms with E-state index in [1.54, 1.807) is 6.92 Å². The van der Waals surface area contributed by atoms with Gasteiger partial charge in [-0.15, -0.1) is 0 Å². The van der Waals surface area contributed by atoms with Crippen LogP contribution in [0.4, 0.5) is 19.0 Å². The first kappa shape index (κ1) is 22.5. The van der Waals surface area contributed by atoms with Crippen LogP contribution in [-0.4, -0.2) is 36.9 Å². The molecule has 1 aromatic carbocycles. The SMILES string of the molecule is C[C@H](NC(=O)c1ncnc2c1CCCC(=O)N2)c1cc(-c2nc3ccc(C(F)(F)F)cc3[nH]2)on1. The van der Waals surface area contributed by atoms with Crippen LogP contribution in [0.3, 0.4) is 0 Å². The standard InChI is InChI=1S/C22H18F3N7O3/c1-10(28-21(34)18-12-3-2-4-17(33)31-19(12)27-9-26-18)14-8-16(35-32-14)20-29-13-6-5-11(22(23,24)25)7-15(13)30-20/h5-10H,2-4H2,1H3,(H,28,34)(H,29,30)(H,26,27,31,33)/t10-/m0/s1. The van der Waals surface area contributed by atoms with Gasteiger partial charge in [-0.2, -0.15) is 13.2 Å². The molecule has 0 saturated carbocycles. The summed E-state index contributed by atoms with van der Waals surface area (Å²) >= 11 is 0. The van der Waals surface area contributed by atoms with E-state index in [0.717, 1.165) is 12.1 Å². The van der Waals surface area contributed by atoms with Crippen molar-refractivity contribution in [1.82, 2.24) is 30.4 Å². The Hall–Kier alpha value is -4.29. The minimum Gasteiger partial charge on any atom is -0.353 e. The highest BCUT2D eigenvalue weighted by molar-refractivity contribution is 5.97. The van der Waals surface area contributed by atoms with E-state index in [9.17, 15) is 22.8 Å². The first-order chi connectivity index (χ1) is 16.7. The fraction of sp³-hybridized carbons (Fsp3) is 0.273. The molecule has 4 aromatic rings. The van der Waals surface area contributed by atoms with Gasteiger partial charge in [-0.1, -0.05) is 5.16 Å². The van der Waals surface area contributed by atoms with Gasteiger partial charge in [0.2, 0.25) is 11.7 Å². The second kappa shape index (κ2) is 8.49. The molecule has 0 radical (unpaired) electrons. The summed E-state index contributed by atoms with van der Waals surface area (Å²) < 4.78 is 44.2. The molecular weight excluding hydrogens is 467 g/mol. The minimum absolute atomic E-state index is 0.158. The molecule has 10 nitrogen and oxygen atoms in total. The third-order valence-electron chi connectivity index (χ3n) is 5.61. The lowest BCUT2D eigenvalue weighted by Crippen LogP contribution is -2.29. The number of hydrogen-bond donors (Lipinski definition) is 3. The number of aromatic nitrogens is 5. The van der Waals surface area contributed by atoms with Crippen LogP contribution in [0.25, 0.3) is 22.6 Å². The van der Waals surface area contributed by atoms with Gasteiger partial charge < -0.3 is 20.1 Å². The van der Waals surface area contributed by atoms with Crippen LogP contribution in [0, 0.1) is 0 Å². The van der Waals surface area contributed by atoms with E-state index >= 15 is 0 Å². The van der Waals surface area contributed by atoms with Gasteiger partial charge in [-0.05, 0) is 38.0 Å². The van der Waals surface area contributed by atoms with E-state index in [-0.39, 0.29) is 28.7 Å². The molecule has 0 fully saturated rings. The van der Waals surface area contributed by atoms with Gasteiger partial charge in [-0.25, -0.2) is 15.0 Å². The lowest BCUT2D eigenvalue weighted by Gasteiger charge is -2.13. The molecule has 0 unspecified atom stereocenters. The van der Waals surface area contributed by atoms with Gasteiger partial charge in [0, 0.05) is 18.1 Å². The molecule has 1 aliphatic rings. The van der Waals surface area contributed by atoms with Gasteiger partial charge in [0.25, 0.3) is 5.91 Å². The van der Waals surface area contributed by atoms with E-state index in [1.165, 1.54) is 18.5 Å². The fourth-order valence-corrected chi connectivity index (χ4v) is 3.82. The summed E-state index contributed by atoms with van der Waals surface area (Å²) in [7, 11) is 0. The summed E-state index contributed by atoms with van der Waals surface area (Å²) in [5.41, 5.74) is 0.833. The van der Waals surface area contributed by atoms with Crippen molar-refractivity contribution >= 4 is 28.7 Å². The number of nitrogens with zero attached hydrogens (tertiary/aromatic N) is 4. The Balaban J connectivity index is 1.35. The van der Waals surface area contributed by atoms with Crippen molar-refractivity contribution in [3.63, 3.8) is 0 Å². The van der Waals surface area contributed by atoms with E-state index in [2.05, 4.69) is 35.7 Å². The third kappa shape index (κ3) is 4.44. The topological polar surface area (TPSA) is 139 Å². The second-order valence-electron chi connectivity index (χ2n) is 8.08. The van der Waals surface area contributed by atoms with Crippen LogP contribution in [0.1, 0.15) is 53.1 Å². The first-order valence-corrected chi connectivity index (χ1v) is 10.7. The Morgan fingerprint density at radius 2 is 2.03 bits per heavy atom. The smallest absolute Gasteiger partial charge is 0.353 e. The van der Waals surface area contributed by atoms with Crippen LogP contribution in [0.5, 0.6) is 0 Å². The average Bonchev–Trinajstić information content (AvgIpc) is 3.41. The molecule has 35 heavy (non-hydrogen) atoms. The van der Waals surface area contributed by atoms with Gasteiger partial charge in [0.05, 0.1) is 22.6 Å². The molecule has 4 heterocycles. The Kier molecular flexibility index (Phi) is 5.46. The number of benzene rings is 1. The largest absolute Gasteiger partial charge is 0.416 e. The molecular formula is C22H18F3N7O3. The monoisotopic (exact) mass is 485 g/mol. The predicted molar refractivity (Wildman–Crippen MR) is 116 cm³/mol. The number of amides is 2. The van der Waals surface area contributed by atoms with Crippen molar-refractivity contribution in [1.29, 1.82) is 0 Å². The van der Waals surface area contributed by atoms with Crippen molar-refractivity contribution in [3.8, 4) is 11.6 Å². The van der Waals surface area contributed by atoms with Gasteiger partial charge in [0.15, 0.2) is 5.82 Å². The second-order valence-corrected chi connectivity index (χ2v) is 8.08. The molecule has 0 bridgehead atoms. The number of H-pyrrole nitrogens is 1. The molecule has 1 atom stereocenters. The Labute approximate surface area is 195 Å². The molecule has 13 heteroatoms. The minimum atomic E-state index is -4.47. The summed E-state index contributed by atoms with van der Waals surface area (Å²) in [5, 5.41) is 9.43. The number of nitrogens with one attached hydrogen (secondary N) is 3. The lowest BCUT2D eigenvalue weighted by molar-refractivity contribution is -0.137. The zero-order valence-corrected chi connectivity index (χ0v) is 18.2. The highest BCUT2D eigenvalue weighted by Gasteiger charge is 2.31. The van der Waals surface area contributed by atoms with Crippen LogP contribution < -0.4 is 10.6 Å². The lowest BCUT2D eigenvalue weighted by atomic mass is 10.1. The number of anilines is 1. The number of carbonyl (C=O) groups is 2. The maximum atomic E-state index is 13.0. The van der Waals surface area contributed by atoms with Crippen LogP contribution >= 0.6 is 0 Å². The Morgan fingerprint density at radius 1 is 1.20 bits per heavy atom. The van der Waals surface area contributed by atoms with Crippen molar-refractivity contribution < 1.29 is 27.3 Å². The van der Waals surface area contributed by atoms with Gasteiger partial charge in [0.1, 0.15) is 23.5 Å². The van der Waals surface area contributed by atoms with Crippen LogP contribution in [0.15, 0.2) is 35.1 Å². The van der Waals surface area contributed by atoms with Crippen molar-refractivity contribution in [2.75, 3.05) is 5.32 Å². The molecule has 3 aromatic heterocycles. The summed E-state index contributed by atoms with van der Waals surface area (Å²) in [6, 6.07) is 4.14. The number of aromatic amines is 1. The van der Waals surface area contributed by atoms with Crippen molar-refractivity contribution in [3.05, 3.63) is 53.1 Å². The molecule has 0 spiro atoms.